The number of benzene rings is 1. The lowest BCUT2D eigenvalue weighted by molar-refractivity contribution is -0.129. The molecule has 0 bridgehead atoms. The molecule has 1 aromatic carbocycles. The van der Waals surface area contributed by atoms with Crippen LogP contribution in [0.15, 0.2) is 35.3 Å². The second kappa shape index (κ2) is 10.9. The van der Waals surface area contributed by atoms with Crippen LogP contribution in [-0.2, 0) is 11.3 Å². The number of aromatic amines is 1. The fraction of sp³-hybridized carbons (Fsp3) is 0.448. The minimum atomic E-state index is -0.232. The molecule has 9 heteroatoms. The molecular formula is C29H36N6O3. The maximum absolute atomic E-state index is 13.6. The molecule has 1 saturated carbocycles. The van der Waals surface area contributed by atoms with Crippen LogP contribution in [0.4, 0.5) is 0 Å². The Bertz CT molecular complexity index is 1460. The number of hydrogen-bond acceptors (Lipinski definition) is 5. The van der Waals surface area contributed by atoms with Crippen molar-refractivity contribution in [1.29, 1.82) is 0 Å². The number of aromatic nitrogens is 3. The van der Waals surface area contributed by atoms with E-state index in [1.165, 1.54) is 12.8 Å². The molecule has 3 heterocycles. The van der Waals surface area contributed by atoms with Crippen molar-refractivity contribution in [2.75, 3.05) is 26.7 Å². The van der Waals surface area contributed by atoms with Gasteiger partial charge in [0.25, 0.3) is 11.5 Å². The highest BCUT2D eigenvalue weighted by molar-refractivity contribution is 6.07. The molecule has 38 heavy (non-hydrogen) atoms. The van der Waals surface area contributed by atoms with Crippen LogP contribution in [0, 0.1) is 13.8 Å². The van der Waals surface area contributed by atoms with Gasteiger partial charge in [-0.1, -0.05) is 18.9 Å². The second-order valence-electron chi connectivity index (χ2n) is 10.5. The van der Waals surface area contributed by atoms with Gasteiger partial charge in [0.1, 0.15) is 0 Å². The first-order chi connectivity index (χ1) is 18.4. The van der Waals surface area contributed by atoms with Gasteiger partial charge in [-0.3, -0.25) is 19.1 Å². The lowest BCUT2D eigenvalue weighted by atomic mass is 9.95. The number of fused-ring (bicyclic) bond motifs is 1. The summed E-state index contributed by atoms with van der Waals surface area (Å²) in [6, 6.07) is 6.32. The molecule has 5 rings (SSSR count). The number of carbonyl (C=O) groups is 2. The van der Waals surface area contributed by atoms with Gasteiger partial charge in [0.2, 0.25) is 5.91 Å². The summed E-state index contributed by atoms with van der Waals surface area (Å²) in [7, 11) is 1.77. The predicted octanol–water partition coefficient (Wildman–Crippen LogP) is 3.22. The van der Waals surface area contributed by atoms with E-state index in [4.69, 9.17) is 5.10 Å². The number of rotatable bonds is 7. The molecule has 2 aromatic heterocycles. The molecular weight excluding hydrogens is 480 g/mol. The summed E-state index contributed by atoms with van der Waals surface area (Å²) in [4.78, 5) is 43.0. The number of pyridine rings is 1. The van der Waals surface area contributed by atoms with Crippen molar-refractivity contribution in [2.45, 2.75) is 58.5 Å². The maximum atomic E-state index is 13.6. The third-order valence-electron chi connectivity index (χ3n) is 7.81. The zero-order valence-electron chi connectivity index (χ0n) is 22.4. The number of H-pyrrole nitrogens is 1. The molecule has 0 radical (unpaired) electrons. The largest absolute Gasteiger partial charge is 0.348 e. The van der Waals surface area contributed by atoms with E-state index in [2.05, 4.69) is 32.4 Å². The van der Waals surface area contributed by atoms with Gasteiger partial charge in [0.05, 0.1) is 29.9 Å². The topological polar surface area (TPSA) is 112 Å². The van der Waals surface area contributed by atoms with E-state index in [1.54, 1.807) is 13.2 Å². The fourth-order valence-electron chi connectivity index (χ4n) is 5.74. The maximum Gasteiger partial charge on any atom is 0.253 e. The van der Waals surface area contributed by atoms with Crippen LogP contribution in [0.5, 0.6) is 0 Å². The van der Waals surface area contributed by atoms with Crippen LogP contribution in [0.3, 0.4) is 0 Å². The SMILES string of the molecule is CNCC(=O)N1CC=C(c2cc(C(=O)NCc3c(C)cc(C)[nH]c3=O)c3cnn(C4CCCC4)c3c2)CC1. The molecule has 0 spiro atoms. The first-order valence-electron chi connectivity index (χ1n) is 13.5. The number of likely N-dealkylation sites (N-methyl/N-ethyl adjacent to an activating group) is 1. The second-order valence-corrected chi connectivity index (χ2v) is 10.5. The number of hydrogen-bond donors (Lipinski definition) is 3. The highest BCUT2D eigenvalue weighted by Crippen LogP contribution is 2.35. The van der Waals surface area contributed by atoms with Crippen molar-refractivity contribution in [3.63, 3.8) is 0 Å². The van der Waals surface area contributed by atoms with Crippen molar-refractivity contribution < 1.29 is 9.59 Å². The number of amides is 2. The minimum Gasteiger partial charge on any atom is -0.348 e. The molecule has 1 fully saturated rings. The molecule has 1 aliphatic carbocycles. The van der Waals surface area contributed by atoms with Crippen LogP contribution in [0.25, 0.3) is 16.5 Å². The van der Waals surface area contributed by atoms with E-state index in [9.17, 15) is 14.4 Å². The van der Waals surface area contributed by atoms with Gasteiger partial charge in [0, 0.05) is 36.3 Å². The van der Waals surface area contributed by atoms with Gasteiger partial charge in [0.15, 0.2) is 0 Å². The van der Waals surface area contributed by atoms with Gasteiger partial charge >= 0.3 is 0 Å². The van der Waals surface area contributed by atoms with Crippen molar-refractivity contribution >= 4 is 28.3 Å². The molecule has 0 unspecified atom stereocenters. The van der Waals surface area contributed by atoms with Crippen LogP contribution < -0.4 is 16.2 Å². The summed E-state index contributed by atoms with van der Waals surface area (Å²) in [5.74, 6) is -0.150. The van der Waals surface area contributed by atoms with Gasteiger partial charge in [-0.15, -0.1) is 0 Å². The Labute approximate surface area is 222 Å². The van der Waals surface area contributed by atoms with Crippen molar-refractivity contribution in [1.82, 2.24) is 30.3 Å². The van der Waals surface area contributed by atoms with Crippen LogP contribution in [0.2, 0.25) is 0 Å². The lowest BCUT2D eigenvalue weighted by Gasteiger charge is -2.27. The average molecular weight is 517 g/mol. The van der Waals surface area contributed by atoms with E-state index in [0.717, 1.165) is 52.6 Å². The summed E-state index contributed by atoms with van der Waals surface area (Å²) >= 11 is 0. The zero-order chi connectivity index (χ0) is 26.8. The predicted molar refractivity (Wildman–Crippen MR) is 148 cm³/mol. The Morgan fingerprint density at radius 2 is 1.95 bits per heavy atom. The Balaban J connectivity index is 1.48. The van der Waals surface area contributed by atoms with E-state index < -0.39 is 0 Å². The molecule has 0 atom stereocenters. The first kappa shape index (κ1) is 25.9. The molecule has 9 nitrogen and oxygen atoms in total. The normalized spacial score (nSPS) is 16.2. The van der Waals surface area contributed by atoms with Crippen molar-refractivity contribution in [2.24, 2.45) is 0 Å². The Hall–Kier alpha value is -3.72. The summed E-state index contributed by atoms with van der Waals surface area (Å²) < 4.78 is 2.09. The summed E-state index contributed by atoms with van der Waals surface area (Å²) in [5.41, 5.74) is 5.63. The highest BCUT2D eigenvalue weighted by Gasteiger charge is 2.24. The monoisotopic (exact) mass is 516 g/mol. The first-order valence-corrected chi connectivity index (χ1v) is 13.5. The van der Waals surface area contributed by atoms with Gasteiger partial charge in [-0.2, -0.15) is 5.10 Å². The fourth-order valence-corrected chi connectivity index (χ4v) is 5.74. The van der Waals surface area contributed by atoms with Gasteiger partial charge < -0.3 is 20.5 Å². The molecule has 2 amide bonds. The lowest BCUT2D eigenvalue weighted by Crippen LogP contribution is -2.39. The number of carbonyl (C=O) groups excluding carboxylic acids is 2. The van der Waals surface area contributed by atoms with E-state index in [1.807, 2.05) is 30.9 Å². The number of aryl methyl sites for hydroxylation is 2. The van der Waals surface area contributed by atoms with Crippen molar-refractivity contribution in [3.8, 4) is 0 Å². The van der Waals surface area contributed by atoms with Crippen molar-refractivity contribution in [3.05, 3.63) is 68.8 Å². The molecule has 0 saturated heterocycles. The Kier molecular flexibility index (Phi) is 7.46. The molecule has 3 N–H and O–H groups in total. The summed E-state index contributed by atoms with van der Waals surface area (Å²) in [6.07, 6.45) is 9.15. The van der Waals surface area contributed by atoms with Gasteiger partial charge in [-0.05, 0) is 75.1 Å². The number of nitrogens with zero attached hydrogens (tertiary/aromatic N) is 3. The Morgan fingerprint density at radius 3 is 2.63 bits per heavy atom. The molecule has 2 aliphatic rings. The minimum absolute atomic E-state index is 0.0824. The van der Waals surface area contributed by atoms with E-state index in [0.29, 0.717) is 36.8 Å². The quantitative estimate of drug-likeness (QED) is 0.447. The van der Waals surface area contributed by atoms with E-state index in [-0.39, 0.29) is 23.9 Å². The molecule has 200 valence electrons. The standard InChI is InChI=1S/C29H36N6O3/c1-18-12-19(2)33-29(38)24(18)15-31-28(37)23-13-21(20-8-10-34(11-9-20)27(36)17-30-3)14-26-25(23)16-32-35(26)22-6-4-5-7-22/h8,12-14,16,22,30H,4-7,9-11,15,17H2,1-3H3,(H,31,37)(H,33,38). The number of nitrogens with one attached hydrogen (secondary N) is 3. The highest BCUT2D eigenvalue weighted by atomic mass is 16.2. The summed E-state index contributed by atoms with van der Waals surface area (Å²) in [5, 5.41) is 11.4. The Morgan fingerprint density at radius 1 is 1.16 bits per heavy atom. The molecule has 1 aliphatic heterocycles. The third-order valence-corrected chi connectivity index (χ3v) is 7.81. The average Bonchev–Trinajstić information content (AvgIpc) is 3.57. The van der Waals surface area contributed by atoms with Gasteiger partial charge in [-0.25, -0.2) is 0 Å². The van der Waals surface area contributed by atoms with E-state index >= 15 is 0 Å². The third kappa shape index (κ3) is 5.15. The van der Waals surface area contributed by atoms with Crippen LogP contribution in [0.1, 0.15) is 70.9 Å². The molecule has 3 aromatic rings. The smallest absolute Gasteiger partial charge is 0.253 e. The summed E-state index contributed by atoms with van der Waals surface area (Å²) in [6.45, 7) is 5.39. The zero-order valence-corrected chi connectivity index (χ0v) is 22.4. The van der Waals surface area contributed by atoms with Crippen LogP contribution in [-0.4, -0.2) is 58.2 Å². The van der Waals surface area contributed by atoms with Crippen LogP contribution >= 0.6 is 0 Å².